The van der Waals surface area contributed by atoms with E-state index in [2.05, 4.69) is 15.5 Å². The summed E-state index contributed by atoms with van der Waals surface area (Å²) in [5.74, 6) is 0. The van der Waals surface area contributed by atoms with E-state index in [4.69, 9.17) is 17.3 Å². The number of hydrogen-bond acceptors (Lipinski definition) is 4. The SMILES string of the molecule is NCc1cccc(Cl)c1N1c2ccccc2SC1NC(=O)NC1CC1. The first-order valence-electron chi connectivity index (χ1n) is 8.27. The van der Waals surface area contributed by atoms with Crippen LogP contribution in [0.15, 0.2) is 47.4 Å². The number of hydrogen-bond donors (Lipinski definition) is 3. The molecule has 1 atom stereocenters. The van der Waals surface area contributed by atoms with Crippen molar-refractivity contribution in [3.63, 3.8) is 0 Å². The van der Waals surface area contributed by atoms with Gasteiger partial charge in [-0.3, -0.25) is 0 Å². The zero-order valence-corrected chi connectivity index (χ0v) is 15.1. The molecule has 0 aromatic heterocycles. The number of thioether (sulfide) groups is 1. The molecule has 2 amide bonds. The van der Waals surface area contributed by atoms with Gasteiger partial charge in [0.15, 0.2) is 5.50 Å². The molecule has 2 aliphatic rings. The molecule has 130 valence electrons. The van der Waals surface area contributed by atoms with Crippen molar-refractivity contribution in [1.29, 1.82) is 0 Å². The normalized spacial score (nSPS) is 18.8. The lowest BCUT2D eigenvalue weighted by Gasteiger charge is -2.30. The number of nitrogens with two attached hydrogens (primary N) is 1. The topological polar surface area (TPSA) is 70.4 Å². The largest absolute Gasteiger partial charge is 0.335 e. The van der Waals surface area contributed by atoms with Gasteiger partial charge in [0.05, 0.1) is 16.4 Å². The number of carbonyl (C=O) groups excluding carboxylic acids is 1. The van der Waals surface area contributed by atoms with E-state index in [1.165, 1.54) is 0 Å². The molecule has 0 saturated heterocycles. The summed E-state index contributed by atoms with van der Waals surface area (Å²) < 4.78 is 0. The van der Waals surface area contributed by atoms with E-state index >= 15 is 0 Å². The molecule has 1 heterocycles. The fourth-order valence-electron chi connectivity index (χ4n) is 2.95. The van der Waals surface area contributed by atoms with Gasteiger partial charge < -0.3 is 21.3 Å². The Hall–Kier alpha value is -1.89. The molecule has 0 radical (unpaired) electrons. The maximum atomic E-state index is 12.3. The number of nitrogens with zero attached hydrogens (tertiary/aromatic N) is 1. The predicted octanol–water partition coefficient (Wildman–Crippen LogP) is 3.79. The smallest absolute Gasteiger partial charge is 0.317 e. The molecule has 1 saturated carbocycles. The molecule has 1 aliphatic carbocycles. The number of rotatable bonds is 4. The first-order chi connectivity index (χ1) is 12.2. The van der Waals surface area contributed by atoms with Crippen molar-refractivity contribution in [2.75, 3.05) is 4.90 Å². The second kappa shape index (κ2) is 6.78. The Morgan fingerprint density at radius 1 is 1.20 bits per heavy atom. The minimum Gasteiger partial charge on any atom is -0.335 e. The van der Waals surface area contributed by atoms with Crippen molar-refractivity contribution < 1.29 is 4.79 Å². The van der Waals surface area contributed by atoms with Gasteiger partial charge in [-0.15, -0.1) is 0 Å². The first-order valence-corrected chi connectivity index (χ1v) is 9.52. The van der Waals surface area contributed by atoms with Crippen LogP contribution in [0.3, 0.4) is 0 Å². The molecule has 0 spiro atoms. The van der Waals surface area contributed by atoms with Gasteiger partial charge in [0.25, 0.3) is 0 Å². The Morgan fingerprint density at radius 2 is 2.00 bits per heavy atom. The van der Waals surface area contributed by atoms with Crippen molar-refractivity contribution in [2.24, 2.45) is 5.73 Å². The maximum Gasteiger partial charge on any atom is 0.317 e. The molecule has 7 heteroatoms. The van der Waals surface area contributed by atoms with Crippen LogP contribution in [0.4, 0.5) is 16.2 Å². The van der Waals surface area contributed by atoms with Gasteiger partial charge >= 0.3 is 6.03 Å². The number of nitrogens with one attached hydrogen (secondary N) is 2. The second-order valence-electron chi connectivity index (χ2n) is 6.15. The summed E-state index contributed by atoms with van der Waals surface area (Å²) >= 11 is 8.11. The Labute approximate surface area is 155 Å². The Morgan fingerprint density at radius 3 is 2.76 bits per heavy atom. The highest BCUT2D eigenvalue weighted by molar-refractivity contribution is 8.00. The van der Waals surface area contributed by atoms with E-state index in [1.807, 2.05) is 42.5 Å². The number of carbonyl (C=O) groups is 1. The highest BCUT2D eigenvalue weighted by atomic mass is 35.5. The molecule has 25 heavy (non-hydrogen) atoms. The third kappa shape index (κ3) is 3.29. The minimum atomic E-state index is -0.277. The number of fused-ring (bicyclic) bond motifs is 1. The Bertz CT molecular complexity index is 811. The lowest BCUT2D eigenvalue weighted by atomic mass is 10.1. The molecule has 2 aromatic rings. The van der Waals surface area contributed by atoms with Crippen molar-refractivity contribution in [3.8, 4) is 0 Å². The van der Waals surface area contributed by atoms with Gasteiger partial charge in [0.2, 0.25) is 0 Å². The average Bonchev–Trinajstić information content (AvgIpc) is 3.34. The zero-order valence-electron chi connectivity index (χ0n) is 13.5. The van der Waals surface area contributed by atoms with E-state index in [0.717, 1.165) is 34.7 Å². The van der Waals surface area contributed by atoms with Crippen molar-refractivity contribution in [2.45, 2.75) is 35.8 Å². The average molecular weight is 375 g/mol. The molecule has 4 N–H and O–H groups in total. The van der Waals surface area contributed by atoms with Crippen LogP contribution in [0.5, 0.6) is 0 Å². The number of anilines is 2. The number of urea groups is 1. The van der Waals surface area contributed by atoms with Crippen LogP contribution in [-0.2, 0) is 6.54 Å². The summed E-state index contributed by atoms with van der Waals surface area (Å²) in [6, 6.07) is 13.9. The summed E-state index contributed by atoms with van der Waals surface area (Å²) in [6.07, 6.45) is 2.11. The lowest BCUT2D eigenvalue weighted by molar-refractivity contribution is 0.240. The van der Waals surface area contributed by atoms with Crippen LogP contribution >= 0.6 is 23.4 Å². The molecule has 4 rings (SSSR count). The van der Waals surface area contributed by atoms with Gasteiger partial charge in [-0.05, 0) is 36.6 Å². The molecule has 2 aromatic carbocycles. The van der Waals surface area contributed by atoms with Gasteiger partial charge in [0, 0.05) is 17.5 Å². The molecule has 0 bridgehead atoms. The molecule has 5 nitrogen and oxygen atoms in total. The lowest BCUT2D eigenvalue weighted by Crippen LogP contribution is -2.47. The van der Waals surface area contributed by atoms with E-state index < -0.39 is 0 Å². The van der Waals surface area contributed by atoms with Crippen LogP contribution in [-0.4, -0.2) is 17.6 Å². The fourth-order valence-corrected chi connectivity index (χ4v) is 4.41. The quantitative estimate of drug-likeness (QED) is 0.761. The van der Waals surface area contributed by atoms with Crippen molar-refractivity contribution in [3.05, 3.63) is 53.1 Å². The highest BCUT2D eigenvalue weighted by Crippen LogP contribution is 2.49. The molecular formula is C18H19ClN4OS. The molecule has 1 unspecified atom stereocenters. The fraction of sp³-hybridized carbons (Fsp3) is 0.278. The second-order valence-corrected chi connectivity index (χ2v) is 7.68. The summed E-state index contributed by atoms with van der Waals surface area (Å²) in [7, 11) is 0. The molecular weight excluding hydrogens is 356 g/mol. The number of benzene rings is 2. The maximum absolute atomic E-state index is 12.3. The van der Waals surface area contributed by atoms with Gasteiger partial charge in [-0.1, -0.05) is 47.6 Å². The number of halogens is 1. The van der Waals surface area contributed by atoms with Crippen LogP contribution in [0.2, 0.25) is 5.02 Å². The van der Waals surface area contributed by atoms with Crippen LogP contribution < -0.4 is 21.3 Å². The number of amides is 2. The van der Waals surface area contributed by atoms with E-state index in [-0.39, 0.29) is 11.5 Å². The van der Waals surface area contributed by atoms with E-state index in [0.29, 0.717) is 17.6 Å². The molecule has 1 fully saturated rings. The van der Waals surface area contributed by atoms with Crippen LogP contribution in [0.25, 0.3) is 0 Å². The summed E-state index contributed by atoms with van der Waals surface area (Å²) in [4.78, 5) is 15.5. The monoisotopic (exact) mass is 374 g/mol. The molecule has 1 aliphatic heterocycles. The van der Waals surface area contributed by atoms with Crippen LogP contribution in [0, 0.1) is 0 Å². The standard InChI is InChI=1S/C18H19ClN4OS/c19-13-5-3-4-11(10-20)16(13)23-14-6-1-2-7-15(14)25-18(23)22-17(24)21-12-8-9-12/h1-7,12,18H,8-10,20H2,(H2,21,22,24). The van der Waals surface area contributed by atoms with Crippen molar-refractivity contribution in [1.82, 2.24) is 10.6 Å². The summed E-state index contributed by atoms with van der Waals surface area (Å²) in [5.41, 5.74) is 8.47. The third-order valence-electron chi connectivity index (χ3n) is 4.30. The minimum absolute atomic E-state index is 0.154. The first kappa shape index (κ1) is 16.6. The Balaban J connectivity index is 1.71. The summed E-state index contributed by atoms with van der Waals surface area (Å²) in [5, 5.41) is 6.66. The van der Waals surface area contributed by atoms with E-state index in [9.17, 15) is 4.79 Å². The van der Waals surface area contributed by atoms with Gasteiger partial charge in [-0.25, -0.2) is 4.79 Å². The van der Waals surface area contributed by atoms with Crippen LogP contribution in [0.1, 0.15) is 18.4 Å². The van der Waals surface area contributed by atoms with E-state index in [1.54, 1.807) is 11.8 Å². The zero-order chi connectivity index (χ0) is 17.4. The number of para-hydroxylation sites is 2. The summed E-state index contributed by atoms with van der Waals surface area (Å²) in [6.45, 7) is 0.375. The highest BCUT2D eigenvalue weighted by Gasteiger charge is 2.35. The van der Waals surface area contributed by atoms with Gasteiger partial charge in [0.1, 0.15) is 0 Å². The van der Waals surface area contributed by atoms with Gasteiger partial charge in [-0.2, -0.15) is 0 Å². The predicted molar refractivity (Wildman–Crippen MR) is 102 cm³/mol. The van der Waals surface area contributed by atoms with Crippen molar-refractivity contribution >= 4 is 40.8 Å². The third-order valence-corrected chi connectivity index (χ3v) is 5.75. The Kier molecular flexibility index (Phi) is 4.50.